The number of ether oxygens (including phenoxy) is 1. The van der Waals surface area contributed by atoms with Gasteiger partial charge in [-0.05, 0) is 38.0 Å². The number of hydrogen-bond acceptors (Lipinski definition) is 8. The standard InChI is InChI=1S/C21H25N9O/c1-21(12-31-13-21)28-8-4-14(5-9-28)24-20-25-19(22)18-15(6-10-30(18)27-20)16-2-3-17-23-7-11-29(17)26-16/h2-3,6-7,10-11,14H,4-5,8-9,12-13H2,1H3,(H3,22,24,25,27). The monoisotopic (exact) mass is 419 g/mol. The minimum atomic E-state index is 0.208. The lowest BCUT2D eigenvalue weighted by Crippen LogP contribution is -2.62. The second-order valence-electron chi connectivity index (χ2n) is 8.69. The number of aromatic nitrogens is 6. The minimum absolute atomic E-state index is 0.208. The van der Waals surface area contributed by atoms with Gasteiger partial charge in [-0.3, -0.25) is 4.90 Å². The van der Waals surface area contributed by atoms with Crippen LogP contribution in [0, 0.1) is 0 Å². The van der Waals surface area contributed by atoms with Gasteiger partial charge in [0, 0.05) is 43.3 Å². The van der Waals surface area contributed by atoms with Gasteiger partial charge in [0.2, 0.25) is 5.95 Å². The average Bonchev–Trinajstić information content (AvgIpc) is 3.39. The number of hydrogen-bond donors (Lipinski definition) is 2. The third-order valence-electron chi connectivity index (χ3n) is 6.49. The summed E-state index contributed by atoms with van der Waals surface area (Å²) in [5.41, 5.74) is 9.81. The zero-order valence-corrected chi connectivity index (χ0v) is 17.4. The Morgan fingerprint density at radius 3 is 2.71 bits per heavy atom. The highest BCUT2D eigenvalue weighted by Gasteiger charge is 2.40. The third-order valence-corrected chi connectivity index (χ3v) is 6.49. The molecule has 160 valence electrons. The molecule has 0 spiro atoms. The fourth-order valence-corrected chi connectivity index (χ4v) is 4.61. The van der Waals surface area contributed by atoms with E-state index in [-0.39, 0.29) is 5.54 Å². The Bertz CT molecular complexity index is 1250. The molecule has 2 fully saturated rings. The maximum Gasteiger partial charge on any atom is 0.243 e. The fraction of sp³-hybridized carbons (Fsp3) is 0.429. The highest BCUT2D eigenvalue weighted by molar-refractivity contribution is 5.86. The van der Waals surface area contributed by atoms with Gasteiger partial charge in [-0.25, -0.2) is 14.0 Å². The van der Waals surface area contributed by atoms with E-state index >= 15 is 0 Å². The number of piperidine rings is 1. The molecule has 0 amide bonds. The Labute approximate surface area is 179 Å². The van der Waals surface area contributed by atoms with Crippen LogP contribution in [0.1, 0.15) is 19.8 Å². The molecule has 0 radical (unpaired) electrons. The molecule has 0 atom stereocenters. The van der Waals surface area contributed by atoms with E-state index in [9.17, 15) is 0 Å². The largest absolute Gasteiger partial charge is 0.382 e. The number of nitrogens with one attached hydrogen (secondary N) is 1. The van der Waals surface area contributed by atoms with Crippen molar-refractivity contribution >= 4 is 22.9 Å². The second kappa shape index (κ2) is 6.89. The number of nitrogen functional groups attached to an aromatic ring is 1. The molecule has 10 nitrogen and oxygen atoms in total. The molecular formula is C21H25N9O. The second-order valence-corrected chi connectivity index (χ2v) is 8.69. The van der Waals surface area contributed by atoms with Crippen LogP contribution in [-0.4, -0.2) is 72.0 Å². The summed E-state index contributed by atoms with van der Waals surface area (Å²) >= 11 is 0. The quantitative estimate of drug-likeness (QED) is 0.514. The number of likely N-dealkylation sites (tertiary alicyclic amines) is 1. The van der Waals surface area contributed by atoms with E-state index in [0.29, 0.717) is 17.8 Å². The Morgan fingerprint density at radius 2 is 1.94 bits per heavy atom. The minimum Gasteiger partial charge on any atom is -0.382 e. The zero-order chi connectivity index (χ0) is 21.0. The van der Waals surface area contributed by atoms with Crippen LogP contribution >= 0.6 is 0 Å². The summed E-state index contributed by atoms with van der Waals surface area (Å²) in [5.74, 6) is 0.989. The summed E-state index contributed by atoms with van der Waals surface area (Å²) in [6.07, 6.45) is 7.53. The molecule has 31 heavy (non-hydrogen) atoms. The van der Waals surface area contributed by atoms with E-state index < -0.39 is 0 Å². The third kappa shape index (κ3) is 3.10. The van der Waals surface area contributed by atoms with E-state index in [1.54, 1.807) is 15.2 Å². The van der Waals surface area contributed by atoms with Crippen molar-refractivity contribution in [1.82, 2.24) is 34.1 Å². The van der Waals surface area contributed by atoms with Crippen LogP contribution in [0.5, 0.6) is 0 Å². The highest BCUT2D eigenvalue weighted by atomic mass is 16.5. The van der Waals surface area contributed by atoms with Crippen molar-refractivity contribution in [2.75, 3.05) is 37.4 Å². The predicted molar refractivity (Wildman–Crippen MR) is 117 cm³/mol. The Morgan fingerprint density at radius 1 is 1.10 bits per heavy atom. The van der Waals surface area contributed by atoms with Crippen molar-refractivity contribution in [1.29, 1.82) is 0 Å². The van der Waals surface area contributed by atoms with E-state index in [1.807, 2.05) is 30.6 Å². The molecular weight excluding hydrogens is 394 g/mol. The Balaban J connectivity index is 1.22. The van der Waals surface area contributed by atoms with Gasteiger partial charge in [0.05, 0.1) is 24.4 Å². The van der Waals surface area contributed by atoms with E-state index in [4.69, 9.17) is 10.5 Å². The summed E-state index contributed by atoms with van der Waals surface area (Å²) in [4.78, 5) is 11.3. The molecule has 0 unspecified atom stereocenters. The molecule has 2 aliphatic rings. The van der Waals surface area contributed by atoms with Crippen LogP contribution < -0.4 is 11.1 Å². The van der Waals surface area contributed by atoms with Crippen molar-refractivity contribution in [3.8, 4) is 11.3 Å². The molecule has 0 aromatic carbocycles. The lowest BCUT2D eigenvalue weighted by Gasteiger charge is -2.49. The summed E-state index contributed by atoms with van der Waals surface area (Å²) in [6.45, 7) is 6.04. The van der Waals surface area contributed by atoms with E-state index in [1.165, 1.54) is 0 Å². The van der Waals surface area contributed by atoms with Crippen molar-refractivity contribution < 1.29 is 4.74 Å². The average molecular weight is 419 g/mol. The molecule has 2 saturated heterocycles. The molecule has 6 rings (SSSR count). The summed E-state index contributed by atoms with van der Waals surface area (Å²) < 4.78 is 8.94. The molecule has 6 heterocycles. The van der Waals surface area contributed by atoms with E-state index in [2.05, 4.69) is 37.3 Å². The van der Waals surface area contributed by atoms with Crippen LogP contribution in [0.4, 0.5) is 11.8 Å². The predicted octanol–water partition coefficient (Wildman–Crippen LogP) is 1.69. The number of anilines is 2. The number of fused-ring (bicyclic) bond motifs is 2. The Kier molecular flexibility index (Phi) is 4.12. The van der Waals surface area contributed by atoms with Gasteiger partial charge in [0.1, 0.15) is 5.52 Å². The SMILES string of the molecule is CC1(N2CCC(Nc3nc(N)c4c(-c5ccc6nccn6n5)ccn4n3)CC2)COC1. The first-order chi connectivity index (χ1) is 15.1. The first-order valence-corrected chi connectivity index (χ1v) is 10.6. The van der Waals surface area contributed by atoms with Crippen LogP contribution in [0.3, 0.4) is 0 Å². The Hall–Kier alpha value is -3.24. The molecule has 0 saturated carbocycles. The summed E-state index contributed by atoms with van der Waals surface area (Å²) in [6, 6.07) is 6.17. The normalized spacial score (nSPS) is 19.6. The molecule has 0 aliphatic carbocycles. The van der Waals surface area contributed by atoms with E-state index in [0.717, 1.165) is 61.6 Å². The molecule has 3 N–H and O–H groups in total. The van der Waals surface area contributed by atoms with Crippen molar-refractivity contribution in [3.05, 3.63) is 36.8 Å². The summed E-state index contributed by atoms with van der Waals surface area (Å²) in [7, 11) is 0. The van der Waals surface area contributed by atoms with Gasteiger partial charge in [-0.1, -0.05) is 0 Å². The molecule has 0 bridgehead atoms. The summed E-state index contributed by atoms with van der Waals surface area (Å²) in [5, 5.41) is 12.8. The molecule has 4 aromatic heterocycles. The molecule has 4 aromatic rings. The maximum absolute atomic E-state index is 6.36. The van der Waals surface area contributed by atoms with Gasteiger partial charge < -0.3 is 15.8 Å². The van der Waals surface area contributed by atoms with Crippen molar-refractivity contribution in [3.63, 3.8) is 0 Å². The van der Waals surface area contributed by atoms with Gasteiger partial charge in [0.15, 0.2) is 11.5 Å². The lowest BCUT2D eigenvalue weighted by atomic mass is 9.93. The fourth-order valence-electron chi connectivity index (χ4n) is 4.61. The van der Waals surface area contributed by atoms with Crippen molar-refractivity contribution in [2.24, 2.45) is 0 Å². The van der Waals surface area contributed by atoms with Crippen LogP contribution in [0.15, 0.2) is 36.8 Å². The molecule has 2 aliphatic heterocycles. The smallest absolute Gasteiger partial charge is 0.243 e. The van der Waals surface area contributed by atoms with Crippen LogP contribution in [0.2, 0.25) is 0 Å². The topological polar surface area (TPSA) is 111 Å². The lowest BCUT2D eigenvalue weighted by molar-refractivity contribution is -0.135. The zero-order valence-electron chi connectivity index (χ0n) is 17.4. The first-order valence-electron chi connectivity index (χ1n) is 10.6. The number of nitrogens with zero attached hydrogens (tertiary/aromatic N) is 7. The van der Waals surface area contributed by atoms with Gasteiger partial charge in [0.25, 0.3) is 0 Å². The van der Waals surface area contributed by atoms with Gasteiger partial charge in [-0.15, -0.1) is 5.10 Å². The van der Waals surface area contributed by atoms with Crippen LogP contribution in [0.25, 0.3) is 22.4 Å². The molecule has 10 heteroatoms. The van der Waals surface area contributed by atoms with Crippen LogP contribution in [-0.2, 0) is 4.74 Å². The maximum atomic E-state index is 6.36. The number of nitrogens with two attached hydrogens (primary N) is 1. The number of imidazole rings is 1. The number of rotatable bonds is 4. The van der Waals surface area contributed by atoms with Gasteiger partial charge in [-0.2, -0.15) is 10.1 Å². The first kappa shape index (κ1) is 18.5. The van der Waals surface area contributed by atoms with Crippen molar-refractivity contribution in [2.45, 2.75) is 31.3 Å². The van der Waals surface area contributed by atoms with Gasteiger partial charge >= 0.3 is 0 Å². The highest BCUT2D eigenvalue weighted by Crippen LogP contribution is 2.30.